The van der Waals surface area contributed by atoms with Crippen molar-refractivity contribution in [3.63, 3.8) is 0 Å². The van der Waals surface area contributed by atoms with Gasteiger partial charge < -0.3 is 10.2 Å². The first-order valence-corrected chi connectivity index (χ1v) is 9.57. The molecule has 130 valence electrons. The Balaban J connectivity index is 1.84. The number of aryl methyl sites for hydroxylation is 2. The molecule has 0 unspecified atom stereocenters. The van der Waals surface area contributed by atoms with Gasteiger partial charge in [-0.15, -0.1) is 0 Å². The van der Waals surface area contributed by atoms with Crippen molar-refractivity contribution in [2.24, 2.45) is 4.99 Å². The first-order chi connectivity index (χ1) is 10.7. The molecule has 1 aromatic heterocycles. The predicted molar refractivity (Wildman–Crippen MR) is 92.4 cm³/mol. The van der Waals surface area contributed by atoms with Crippen molar-refractivity contribution in [2.75, 3.05) is 32.4 Å². The fraction of sp³-hybridized carbons (Fsp3) is 0.733. The smallest absolute Gasteiger partial charge is 0.193 e. The molecule has 1 N–H and O–H groups in total. The number of aliphatic imine (C=N–C) groups is 1. The van der Waals surface area contributed by atoms with Gasteiger partial charge in [-0.2, -0.15) is 5.10 Å². The number of nitrogens with zero attached hydrogens (tertiary/aromatic N) is 4. The van der Waals surface area contributed by atoms with Gasteiger partial charge in [-0.3, -0.25) is 9.67 Å². The van der Waals surface area contributed by atoms with Crippen LogP contribution in [0.3, 0.4) is 0 Å². The van der Waals surface area contributed by atoms with Crippen molar-refractivity contribution >= 4 is 15.8 Å². The minimum atomic E-state index is -3.03. The highest BCUT2D eigenvalue weighted by Crippen LogP contribution is 2.23. The van der Waals surface area contributed by atoms with E-state index in [2.05, 4.69) is 15.4 Å². The fourth-order valence-corrected chi connectivity index (χ4v) is 4.05. The molecule has 23 heavy (non-hydrogen) atoms. The van der Waals surface area contributed by atoms with Crippen LogP contribution in [0.1, 0.15) is 25.8 Å². The molecule has 0 aliphatic carbocycles. The molecule has 0 aromatic carbocycles. The Kier molecular flexibility index (Phi) is 5.33. The van der Waals surface area contributed by atoms with Crippen LogP contribution in [0.15, 0.2) is 17.4 Å². The maximum absolute atomic E-state index is 12.1. The molecule has 0 radical (unpaired) electrons. The molecular weight excluding hydrogens is 314 g/mol. The van der Waals surface area contributed by atoms with Gasteiger partial charge in [0.25, 0.3) is 0 Å². The van der Waals surface area contributed by atoms with E-state index in [9.17, 15) is 8.42 Å². The van der Waals surface area contributed by atoms with Gasteiger partial charge in [-0.05, 0) is 32.8 Å². The standard InChI is InChI=1S/C15H27N5O2S/c1-13-10-18-20(11-13)7-5-6-17-14(16-4)19-8-9-23(21,22)15(2,3)12-19/h10-11H,5-9,12H2,1-4H3,(H,16,17). The first-order valence-electron chi connectivity index (χ1n) is 7.92. The number of guanidine groups is 1. The minimum absolute atomic E-state index is 0.174. The maximum Gasteiger partial charge on any atom is 0.193 e. The highest BCUT2D eigenvalue weighted by molar-refractivity contribution is 7.92. The van der Waals surface area contributed by atoms with Crippen LogP contribution < -0.4 is 5.32 Å². The fourth-order valence-electron chi connectivity index (χ4n) is 2.69. The van der Waals surface area contributed by atoms with Gasteiger partial charge in [0, 0.05) is 39.4 Å². The van der Waals surface area contributed by atoms with Crippen LogP contribution in [-0.4, -0.2) is 66.2 Å². The van der Waals surface area contributed by atoms with E-state index in [1.807, 2.05) is 28.9 Å². The number of sulfone groups is 1. The molecule has 0 amide bonds. The Morgan fingerprint density at radius 2 is 2.22 bits per heavy atom. The van der Waals surface area contributed by atoms with Crippen LogP contribution in [0, 0.1) is 6.92 Å². The summed E-state index contributed by atoms with van der Waals surface area (Å²) in [6, 6.07) is 0. The van der Waals surface area contributed by atoms with E-state index in [0.717, 1.165) is 31.0 Å². The van der Waals surface area contributed by atoms with Crippen molar-refractivity contribution in [1.29, 1.82) is 0 Å². The number of nitrogens with one attached hydrogen (secondary N) is 1. The minimum Gasteiger partial charge on any atom is -0.356 e. The third-order valence-electron chi connectivity index (χ3n) is 4.16. The average molecular weight is 341 g/mol. The Morgan fingerprint density at radius 1 is 1.48 bits per heavy atom. The van der Waals surface area contributed by atoms with Gasteiger partial charge in [0.05, 0.1) is 16.7 Å². The molecule has 0 saturated carbocycles. The topological polar surface area (TPSA) is 79.6 Å². The summed E-state index contributed by atoms with van der Waals surface area (Å²) in [4.78, 5) is 6.31. The lowest BCUT2D eigenvalue weighted by molar-refractivity contribution is 0.352. The summed E-state index contributed by atoms with van der Waals surface area (Å²) >= 11 is 0. The lowest BCUT2D eigenvalue weighted by atomic mass is 10.2. The molecular formula is C15H27N5O2S. The molecule has 8 heteroatoms. The zero-order valence-electron chi connectivity index (χ0n) is 14.4. The van der Waals surface area contributed by atoms with Crippen LogP contribution in [0.2, 0.25) is 0 Å². The molecule has 1 fully saturated rings. The van der Waals surface area contributed by atoms with E-state index in [0.29, 0.717) is 13.1 Å². The quantitative estimate of drug-likeness (QED) is 0.495. The van der Waals surface area contributed by atoms with Crippen LogP contribution in [0.25, 0.3) is 0 Å². The average Bonchev–Trinajstić information content (AvgIpc) is 2.88. The van der Waals surface area contributed by atoms with Gasteiger partial charge in [-0.1, -0.05) is 0 Å². The van der Waals surface area contributed by atoms with Crippen LogP contribution in [0.5, 0.6) is 0 Å². The summed E-state index contributed by atoms with van der Waals surface area (Å²) in [6.07, 6.45) is 4.80. The monoisotopic (exact) mass is 341 g/mol. The Bertz CT molecular complexity index is 663. The maximum atomic E-state index is 12.1. The second-order valence-corrected chi connectivity index (χ2v) is 9.35. The molecule has 1 aromatic rings. The molecule has 0 spiro atoms. The molecule has 1 aliphatic heterocycles. The van der Waals surface area contributed by atoms with Crippen LogP contribution in [-0.2, 0) is 16.4 Å². The van der Waals surface area contributed by atoms with E-state index in [4.69, 9.17) is 0 Å². The Hall–Kier alpha value is -1.57. The van der Waals surface area contributed by atoms with Crippen molar-refractivity contribution in [3.05, 3.63) is 18.0 Å². The highest BCUT2D eigenvalue weighted by atomic mass is 32.2. The normalized spacial score (nSPS) is 20.5. The SMILES string of the molecule is CN=C(NCCCn1cc(C)cn1)N1CCS(=O)(=O)C(C)(C)C1. The number of hydrogen-bond donors (Lipinski definition) is 1. The predicted octanol–water partition coefficient (Wildman–Crippen LogP) is 0.666. The molecule has 2 rings (SSSR count). The third kappa shape index (κ3) is 4.25. The summed E-state index contributed by atoms with van der Waals surface area (Å²) < 4.78 is 25.4. The van der Waals surface area contributed by atoms with Crippen molar-refractivity contribution < 1.29 is 8.42 Å². The summed E-state index contributed by atoms with van der Waals surface area (Å²) in [5.41, 5.74) is 1.16. The summed E-state index contributed by atoms with van der Waals surface area (Å²) in [6.45, 7) is 8.16. The Labute approximate surface area is 138 Å². The zero-order chi connectivity index (χ0) is 17.1. The molecule has 0 atom stereocenters. The molecule has 2 heterocycles. The number of hydrogen-bond acceptors (Lipinski definition) is 4. The Morgan fingerprint density at radius 3 is 2.78 bits per heavy atom. The van der Waals surface area contributed by atoms with Gasteiger partial charge >= 0.3 is 0 Å². The summed E-state index contributed by atoms with van der Waals surface area (Å²) in [5.74, 6) is 0.942. The van der Waals surface area contributed by atoms with E-state index in [1.165, 1.54) is 0 Å². The molecule has 7 nitrogen and oxygen atoms in total. The lowest BCUT2D eigenvalue weighted by Gasteiger charge is -2.39. The van der Waals surface area contributed by atoms with Gasteiger partial charge in [0.2, 0.25) is 0 Å². The zero-order valence-corrected chi connectivity index (χ0v) is 15.2. The summed E-state index contributed by atoms with van der Waals surface area (Å²) in [5, 5.41) is 7.58. The number of rotatable bonds is 4. The molecule has 0 bridgehead atoms. The van der Waals surface area contributed by atoms with E-state index >= 15 is 0 Å². The van der Waals surface area contributed by atoms with Crippen molar-refractivity contribution in [3.8, 4) is 0 Å². The van der Waals surface area contributed by atoms with E-state index in [-0.39, 0.29) is 5.75 Å². The largest absolute Gasteiger partial charge is 0.356 e. The third-order valence-corrected chi connectivity index (χ3v) is 6.70. The van der Waals surface area contributed by atoms with Gasteiger partial charge in [0.15, 0.2) is 15.8 Å². The van der Waals surface area contributed by atoms with Gasteiger partial charge in [0.1, 0.15) is 0 Å². The second-order valence-electron chi connectivity index (χ2n) is 6.61. The van der Waals surface area contributed by atoms with Crippen LogP contribution >= 0.6 is 0 Å². The second kappa shape index (κ2) is 6.90. The molecule has 1 saturated heterocycles. The number of aromatic nitrogens is 2. The van der Waals surface area contributed by atoms with Gasteiger partial charge in [-0.25, -0.2) is 8.42 Å². The van der Waals surface area contributed by atoms with Crippen molar-refractivity contribution in [2.45, 2.75) is 38.5 Å². The summed E-state index contributed by atoms with van der Waals surface area (Å²) in [7, 11) is -1.30. The highest BCUT2D eigenvalue weighted by Gasteiger charge is 2.40. The van der Waals surface area contributed by atoms with E-state index in [1.54, 1.807) is 20.9 Å². The van der Waals surface area contributed by atoms with Crippen LogP contribution in [0.4, 0.5) is 0 Å². The molecule has 1 aliphatic rings. The first kappa shape index (κ1) is 17.8. The van der Waals surface area contributed by atoms with E-state index < -0.39 is 14.6 Å². The van der Waals surface area contributed by atoms with Crippen molar-refractivity contribution in [1.82, 2.24) is 20.0 Å². The lowest BCUT2D eigenvalue weighted by Crippen LogP contribution is -2.57.